The van der Waals surface area contributed by atoms with Gasteiger partial charge in [0.25, 0.3) is 0 Å². The first kappa shape index (κ1) is 13.0. The van der Waals surface area contributed by atoms with Crippen molar-refractivity contribution in [2.24, 2.45) is 5.73 Å². The van der Waals surface area contributed by atoms with E-state index in [0.29, 0.717) is 0 Å². The smallest absolute Gasteiger partial charge is 0.119 e. The highest BCUT2D eigenvalue weighted by Crippen LogP contribution is 2.16. The van der Waals surface area contributed by atoms with Gasteiger partial charge in [-0.2, -0.15) is 0 Å². The molecule has 0 aliphatic rings. The first-order valence-corrected chi connectivity index (χ1v) is 6.11. The van der Waals surface area contributed by atoms with E-state index in [-0.39, 0.29) is 5.54 Å². The Balaban J connectivity index is 2.17. The molecule has 90 valence electrons. The van der Waals surface area contributed by atoms with Gasteiger partial charge in [0.05, 0.1) is 6.61 Å². The number of hydrogen-bond donors (Lipinski definition) is 1. The van der Waals surface area contributed by atoms with Gasteiger partial charge in [0, 0.05) is 5.54 Å². The van der Waals surface area contributed by atoms with Crippen LogP contribution in [0, 0.1) is 0 Å². The maximum Gasteiger partial charge on any atom is 0.119 e. The molecule has 0 aliphatic heterocycles. The van der Waals surface area contributed by atoms with Crippen molar-refractivity contribution >= 4 is 0 Å². The van der Waals surface area contributed by atoms with Gasteiger partial charge in [0.15, 0.2) is 0 Å². The second-order valence-corrected chi connectivity index (χ2v) is 4.67. The van der Waals surface area contributed by atoms with E-state index in [1.54, 1.807) is 0 Å². The Labute approximate surface area is 98.8 Å². The molecule has 16 heavy (non-hydrogen) atoms. The molecule has 1 atom stereocenters. The van der Waals surface area contributed by atoms with Crippen LogP contribution in [-0.2, 0) is 0 Å². The fraction of sp³-hybridized carbons (Fsp3) is 0.571. The minimum Gasteiger partial charge on any atom is -0.494 e. The summed E-state index contributed by atoms with van der Waals surface area (Å²) in [6.07, 6.45) is 4.26. The van der Waals surface area contributed by atoms with Crippen molar-refractivity contribution in [2.75, 3.05) is 6.61 Å². The highest BCUT2D eigenvalue weighted by Gasteiger charge is 2.16. The maximum atomic E-state index is 6.15. The normalized spacial score (nSPS) is 14.4. The number of hydrogen-bond acceptors (Lipinski definition) is 2. The number of nitrogens with two attached hydrogens (primary N) is 1. The second-order valence-electron chi connectivity index (χ2n) is 4.67. The lowest BCUT2D eigenvalue weighted by molar-refractivity contribution is 0.279. The van der Waals surface area contributed by atoms with Crippen LogP contribution in [0.25, 0.3) is 0 Å². The van der Waals surface area contributed by atoms with Crippen LogP contribution < -0.4 is 10.5 Å². The number of para-hydroxylation sites is 1. The number of ether oxygens (including phenoxy) is 1. The van der Waals surface area contributed by atoms with Crippen LogP contribution in [-0.4, -0.2) is 12.1 Å². The van der Waals surface area contributed by atoms with Crippen LogP contribution in [0.5, 0.6) is 5.75 Å². The Morgan fingerprint density at radius 3 is 2.50 bits per heavy atom. The van der Waals surface area contributed by atoms with Crippen LogP contribution in [0.1, 0.15) is 39.5 Å². The zero-order valence-electron chi connectivity index (χ0n) is 10.4. The van der Waals surface area contributed by atoms with Crippen molar-refractivity contribution in [3.8, 4) is 5.75 Å². The van der Waals surface area contributed by atoms with E-state index in [9.17, 15) is 0 Å². The quantitative estimate of drug-likeness (QED) is 0.716. The van der Waals surface area contributed by atoms with Gasteiger partial charge in [-0.15, -0.1) is 0 Å². The van der Waals surface area contributed by atoms with Crippen LogP contribution in [0.3, 0.4) is 0 Å². The Bertz CT molecular complexity index is 282. The minimum atomic E-state index is -0.0329. The Morgan fingerprint density at radius 2 is 1.88 bits per heavy atom. The summed E-state index contributed by atoms with van der Waals surface area (Å²) in [7, 11) is 0. The fourth-order valence-corrected chi connectivity index (χ4v) is 1.88. The number of benzene rings is 1. The van der Waals surface area contributed by atoms with Gasteiger partial charge in [0.1, 0.15) is 5.75 Å². The van der Waals surface area contributed by atoms with Gasteiger partial charge in [-0.25, -0.2) is 0 Å². The van der Waals surface area contributed by atoms with E-state index in [2.05, 4.69) is 13.8 Å². The zero-order chi connectivity index (χ0) is 11.9. The van der Waals surface area contributed by atoms with Crippen LogP contribution in [0.2, 0.25) is 0 Å². The topological polar surface area (TPSA) is 35.2 Å². The fourth-order valence-electron chi connectivity index (χ4n) is 1.88. The van der Waals surface area contributed by atoms with Crippen molar-refractivity contribution in [1.29, 1.82) is 0 Å². The molecule has 1 aromatic rings. The molecule has 0 saturated heterocycles. The minimum absolute atomic E-state index is 0.0329. The SMILES string of the molecule is CCCC(C)(N)CCCOc1ccccc1. The standard InChI is InChI=1S/C14H23NO/c1-3-10-14(2,15)11-7-12-16-13-8-5-4-6-9-13/h4-6,8-9H,3,7,10-12,15H2,1-2H3. The van der Waals surface area contributed by atoms with Crippen molar-refractivity contribution < 1.29 is 4.74 Å². The van der Waals surface area contributed by atoms with E-state index in [1.165, 1.54) is 0 Å². The lowest BCUT2D eigenvalue weighted by Crippen LogP contribution is -2.36. The molecule has 0 aliphatic carbocycles. The highest BCUT2D eigenvalue weighted by molar-refractivity contribution is 5.20. The molecule has 1 rings (SSSR count). The molecule has 0 heterocycles. The lowest BCUT2D eigenvalue weighted by atomic mass is 9.92. The van der Waals surface area contributed by atoms with Gasteiger partial charge in [-0.3, -0.25) is 0 Å². The molecule has 2 heteroatoms. The van der Waals surface area contributed by atoms with Crippen LogP contribution in [0.15, 0.2) is 30.3 Å². The summed E-state index contributed by atoms with van der Waals surface area (Å²) in [5.74, 6) is 0.941. The summed E-state index contributed by atoms with van der Waals surface area (Å²) in [6, 6.07) is 9.92. The highest BCUT2D eigenvalue weighted by atomic mass is 16.5. The van der Waals surface area contributed by atoms with E-state index in [4.69, 9.17) is 10.5 Å². The predicted octanol–water partition coefficient (Wildman–Crippen LogP) is 3.36. The molecule has 1 aromatic carbocycles. The molecular formula is C14H23NO. The van der Waals surface area contributed by atoms with Gasteiger partial charge < -0.3 is 10.5 Å². The van der Waals surface area contributed by atoms with E-state index < -0.39 is 0 Å². The van der Waals surface area contributed by atoms with Crippen molar-refractivity contribution in [1.82, 2.24) is 0 Å². The predicted molar refractivity (Wildman–Crippen MR) is 68.7 cm³/mol. The molecule has 0 spiro atoms. The lowest BCUT2D eigenvalue weighted by Gasteiger charge is -2.23. The van der Waals surface area contributed by atoms with E-state index >= 15 is 0 Å². The summed E-state index contributed by atoms with van der Waals surface area (Å²) in [5, 5.41) is 0. The van der Waals surface area contributed by atoms with Crippen molar-refractivity contribution in [2.45, 2.75) is 45.1 Å². The third-order valence-corrected chi connectivity index (χ3v) is 2.73. The monoisotopic (exact) mass is 221 g/mol. The van der Waals surface area contributed by atoms with Gasteiger partial charge in [-0.1, -0.05) is 31.5 Å². The number of rotatable bonds is 7. The van der Waals surface area contributed by atoms with Gasteiger partial charge in [-0.05, 0) is 38.3 Å². The first-order valence-electron chi connectivity index (χ1n) is 6.11. The van der Waals surface area contributed by atoms with Crippen molar-refractivity contribution in [3.05, 3.63) is 30.3 Å². The first-order chi connectivity index (χ1) is 7.64. The van der Waals surface area contributed by atoms with Crippen LogP contribution in [0.4, 0.5) is 0 Å². The van der Waals surface area contributed by atoms with E-state index in [1.807, 2.05) is 30.3 Å². The molecule has 2 nitrogen and oxygen atoms in total. The summed E-state index contributed by atoms with van der Waals surface area (Å²) in [4.78, 5) is 0. The average Bonchev–Trinajstić information content (AvgIpc) is 2.26. The molecule has 0 amide bonds. The summed E-state index contributed by atoms with van der Waals surface area (Å²) in [6.45, 7) is 5.05. The van der Waals surface area contributed by atoms with E-state index in [0.717, 1.165) is 38.0 Å². The summed E-state index contributed by atoms with van der Waals surface area (Å²) < 4.78 is 5.62. The zero-order valence-corrected chi connectivity index (χ0v) is 10.4. The molecule has 0 saturated carbocycles. The molecule has 0 radical (unpaired) electrons. The molecule has 1 unspecified atom stereocenters. The third-order valence-electron chi connectivity index (χ3n) is 2.73. The van der Waals surface area contributed by atoms with Gasteiger partial charge in [0.2, 0.25) is 0 Å². The molecule has 0 aromatic heterocycles. The Kier molecular flexibility index (Phi) is 5.33. The Hall–Kier alpha value is -1.02. The summed E-state index contributed by atoms with van der Waals surface area (Å²) >= 11 is 0. The molecule has 2 N–H and O–H groups in total. The van der Waals surface area contributed by atoms with Crippen LogP contribution >= 0.6 is 0 Å². The second kappa shape index (κ2) is 6.54. The molecule has 0 fully saturated rings. The Morgan fingerprint density at radius 1 is 1.19 bits per heavy atom. The summed E-state index contributed by atoms with van der Waals surface area (Å²) in [5.41, 5.74) is 6.12. The largest absolute Gasteiger partial charge is 0.494 e. The molecular weight excluding hydrogens is 198 g/mol. The average molecular weight is 221 g/mol. The van der Waals surface area contributed by atoms with Gasteiger partial charge >= 0.3 is 0 Å². The van der Waals surface area contributed by atoms with Crippen molar-refractivity contribution in [3.63, 3.8) is 0 Å². The maximum absolute atomic E-state index is 6.15. The third kappa shape index (κ3) is 5.17. The molecule has 0 bridgehead atoms.